The van der Waals surface area contributed by atoms with E-state index in [9.17, 15) is 5.21 Å². The monoisotopic (exact) mass is 200 g/mol. The summed E-state index contributed by atoms with van der Waals surface area (Å²) < 4.78 is 14.4. The fourth-order valence-electron chi connectivity index (χ4n) is 1.23. The summed E-state index contributed by atoms with van der Waals surface area (Å²) in [5, 5.41) is 17.3. The van der Waals surface area contributed by atoms with Gasteiger partial charge in [-0.05, 0) is 4.90 Å². The van der Waals surface area contributed by atoms with Crippen LogP contribution in [0.3, 0.4) is 0 Å². The summed E-state index contributed by atoms with van der Waals surface area (Å²) in [6.45, 7) is 0. The number of ether oxygens (including phenoxy) is 2. The molecule has 14 heavy (non-hydrogen) atoms. The fraction of sp³-hybridized carbons (Fsp3) is 0.500. The van der Waals surface area contributed by atoms with Crippen LogP contribution in [0.25, 0.3) is 0 Å². The average Bonchev–Trinajstić information content (AvgIpc) is 2.61. The van der Waals surface area contributed by atoms with E-state index in [1.54, 1.807) is 0 Å². The molecule has 0 radical (unpaired) electrons. The standard InChI is InChI=1S/C6H8N4O4/c1-12-6(13-2)4-5(7-3-8-6)9-14-10(4)11/h3H,1-2H3,(H,7,8,9). The number of rotatable bonds is 2. The van der Waals surface area contributed by atoms with Gasteiger partial charge >= 0.3 is 17.4 Å². The van der Waals surface area contributed by atoms with Crippen molar-refractivity contribution < 1.29 is 19.0 Å². The molecule has 8 heteroatoms. The molecule has 0 fully saturated rings. The number of anilines is 1. The highest BCUT2D eigenvalue weighted by Crippen LogP contribution is 2.31. The van der Waals surface area contributed by atoms with Crippen molar-refractivity contribution in [3.05, 3.63) is 10.9 Å². The maximum absolute atomic E-state index is 11.2. The van der Waals surface area contributed by atoms with E-state index in [4.69, 9.17) is 9.47 Å². The number of nitrogens with one attached hydrogen (secondary N) is 1. The Balaban J connectivity index is 2.57. The number of methoxy groups -OCH3 is 2. The smallest absolute Gasteiger partial charge is 0.347 e. The number of hydrogen-bond donors (Lipinski definition) is 1. The zero-order valence-electron chi connectivity index (χ0n) is 7.55. The van der Waals surface area contributed by atoms with E-state index in [2.05, 4.69) is 20.1 Å². The Hall–Kier alpha value is -1.67. The molecule has 1 aliphatic heterocycles. The molecule has 1 N–H and O–H groups in total. The Labute approximate surface area is 78.7 Å². The van der Waals surface area contributed by atoms with Gasteiger partial charge in [-0.2, -0.15) is 0 Å². The number of aromatic nitrogens is 2. The van der Waals surface area contributed by atoms with Gasteiger partial charge in [0.05, 0.1) is 11.5 Å². The van der Waals surface area contributed by atoms with Crippen LogP contribution >= 0.6 is 0 Å². The number of nitrogens with zero attached hydrogens (tertiary/aromatic N) is 3. The lowest BCUT2D eigenvalue weighted by Gasteiger charge is -2.24. The molecule has 1 aromatic heterocycles. The van der Waals surface area contributed by atoms with Crippen LogP contribution in [-0.2, 0) is 15.4 Å². The molecule has 0 saturated heterocycles. The van der Waals surface area contributed by atoms with Gasteiger partial charge < -0.3 is 20.0 Å². The maximum Gasteiger partial charge on any atom is 0.347 e. The normalized spacial score (nSPS) is 17.6. The molecule has 76 valence electrons. The number of aliphatic imine (C=N–C) groups is 1. The zero-order chi connectivity index (χ0) is 10.2. The highest BCUT2D eigenvalue weighted by Gasteiger charge is 2.46. The summed E-state index contributed by atoms with van der Waals surface area (Å²) in [6, 6.07) is 0. The SMILES string of the molecule is COC1(OC)N=CNc2no[n+]([O-])c21. The largest absolute Gasteiger partial charge is 0.359 e. The lowest BCUT2D eigenvalue weighted by molar-refractivity contribution is -0.814. The minimum Gasteiger partial charge on any atom is -0.359 e. The maximum atomic E-state index is 11.2. The van der Waals surface area contributed by atoms with Crippen molar-refractivity contribution in [1.29, 1.82) is 0 Å². The molecule has 0 bridgehead atoms. The molecule has 0 atom stereocenters. The van der Waals surface area contributed by atoms with Crippen LogP contribution in [0.2, 0.25) is 0 Å². The molecule has 0 amide bonds. The number of hydrogen-bond acceptors (Lipinski definition) is 7. The van der Waals surface area contributed by atoms with Gasteiger partial charge in [0.25, 0.3) is 0 Å². The van der Waals surface area contributed by atoms with E-state index >= 15 is 0 Å². The third-order valence-corrected chi connectivity index (χ3v) is 1.90. The minimum atomic E-state index is -1.48. The summed E-state index contributed by atoms with van der Waals surface area (Å²) in [6.07, 6.45) is 1.32. The van der Waals surface area contributed by atoms with Crippen molar-refractivity contribution in [2.24, 2.45) is 4.99 Å². The second kappa shape index (κ2) is 2.93. The van der Waals surface area contributed by atoms with Crippen LogP contribution < -0.4 is 10.2 Å². The van der Waals surface area contributed by atoms with Gasteiger partial charge in [-0.1, -0.05) is 0 Å². The molecule has 0 spiro atoms. The van der Waals surface area contributed by atoms with Crippen molar-refractivity contribution in [3.63, 3.8) is 0 Å². The Morgan fingerprint density at radius 2 is 2.29 bits per heavy atom. The second-order valence-electron chi connectivity index (χ2n) is 2.52. The molecule has 2 rings (SSSR count). The lowest BCUT2D eigenvalue weighted by atomic mass is 10.3. The lowest BCUT2D eigenvalue weighted by Crippen LogP contribution is -2.43. The summed E-state index contributed by atoms with van der Waals surface area (Å²) in [5.74, 6) is -1.26. The van der Waals surface area contributed by atoms with Gasteiger partial charge in [-0.25, -0.2) is 4.99 Å². The van der Waals surface area contributed by atoms with Crippen LogP contribution in [0.1, 0.15) is 5.69 Å². The summed E-state index contributed by atoms with van der Waals surface area (Å²) in [7, 11) is 2.73. The van der Waals surface area contributed by atoms with Crippen LogP contribution in [0.5, 0.6) is 0 Å². The third-order valence-electron chi connectivity index (χ3n) is 1.90. The second-order valence-corrected chi connectivity index (χ2v) is 2.52. The predicted octanol–water partition coefficient (Wildman–Crippen LogP) is -0.835. The molecule has 8 nitrogen and oxygen atoms in total. The van der Waals surface area contributed by atoms with Crippen LogP contribution in [0.15, 0.2) is 9.62 Å². The first-order valence-electron chi connectivity index (χ1n) is 3.74. The molecular formula is C6H8N4O4. The topological polar surface area (TPSA) is 95.8 Å². The molecule has 1 aliphatic rings. The minimum absolute atomic E-state index is 0.0324. The Bertz CT molecular complexity index is 370. The Morgan fingerprint density at radius 1 is 1.57 bits per heavy atom. The van der Waals surface area contributed by atoms with Crippen LogP contribution in [-0.4, -0.2) is 25.7 Å². The first-order valence-corrected chi connectivity index (χ1v) is 3.74. The van der Waals surface area contributed by atoms with Crippen molar-refractivity contribution in [2.75, 3.05) is 19.5 Å². The summed E-state index contributed by atoms with van der Waals surface area (Å²) in [4.78, 5) is 4.06. The summed E-state index contributed by atoms with van der Waals surface area (Å²) >= 11 is 0. The van der Waals surface area contributed by atoms with E-state index in [0.29, 0.717) is 0 Å². The first kappa shape index (κ1) is 8.91. The van der Waals surface area contributed by atoms with Crippen molar-refractivity contribution in [2.45, 2.75) is 5.91 Å². The highest BCUT2D eigenvalue weighted by atomic mass is 16.8. The Kier molecular flexibility index (Phi) is 1.86. The van der Waals surface area contributed by atoms with E-state index in [0.717, 1.165) is 0 Å². The molecule has 1 aromatic rings. The van der Waals surface area contributed by atoms with Crippen molar-refractivity contribution in [3.8, 4) is 0 Å². The molecule has 0 aromatic carbocycles. The van der Waals surface area contributed by atoms with Gasteiger partial charge in [0.15, 0.2) is 0 Å². The van der Waals surface area contributed by atoms with Gasteiger partial charge in [0, 0.05) is 14.2 Å². The predicted molar refractivity (Wildman–Crippen MR) is 43.3 cm³/mol. The van der Waals surface area contributed by atoms with Crippen LogP contribution in [0.4, 0.5) is 5.82 Å². The number of fused-ring (bicyclic) bond motifs is 1. The Morgan fingerprint density at radius 3 is 2.93 bits per heavy atom. The van der Waals surface area contributed by atoms with E-state index in [1.165, 1.54) is 20.6 Å². The quantitative estimate of drug-likeness (QED) is 0.494. The van der Waals surface area contributed by atoms with E-state index in [-0.39, 0.29) is 16.4 Å². The molecule has 0 aliphatic carbocycles. The fourth-order valence-corrected chi connectivity index (χ4v) is 1.23. The van der Waals surface area contributed by atoms with Gasteiger partial charge in [0.2, 0.25) is 0 Å². The van der Waals surface area contributed by atoms with Crippen LogP contribution in [0, 0.1) is 5.21 Å². The zero-order valence-corrected chi connectivity index (χ0v) is 7.55. The van der Waals surface area contributed by atoms with Gasteiger partial charge in [-0.3, -0.25) is 4.63 Å². The molecule has 2 heterocycles. The molecule has 0 saturated carbocycles. The highest BCUT2D eigenvalue weighted by molar-refractivity contribution is 5.76. The summed E-state index contributed by atoms with van der Waals surface area (Å²) in [5.41, 5.74) is 0.0324. The molecular weight excluding hydrogens is 192 g/mol. The van der Waals surface area contributed by atoms with Gasteiger partial charge in [-0.15, -0.1) is 0 Å². The average molecular weight is 200 g/mol. The van der Waals surface area contributed by atoms with Gasteiger partial charge in [0.1, 0.15) is 0 Å². The molecule has 0 unspecified atom stereocenters. The van der Waals surface area contributed by atoms with Crippen molar-refractivity contribution in [1.82, 2.24) is 5.16 Å². The third kappa shape index (κ3) is 0.978. The van der Waals surface area contributed by atoms with E-state index < -0.39 is 5.91 Å². The van der Waals surface area contributed by atoms with E-state index in [1.807, 2.05) is 0 Å². The van der Waals surface area contributed by atoms with Crippen molar-refractivity contribution >= 4 is 12.2 Å². The first-order chi connectivity index (χ1) is 6.73.